The van der Waals surface area contributed by atoms with E-state index in [-0.39, 0.29) is 30.7 Å². The number of hydrogen-bond donors (Lipinski definition) is 3. The van der Waals surface area contributed by atoms with Crippen LogP contribution in [0.15, 0.2) is 36.5 Å². The van der Waals surface area contributed by atoms with Crippen molar-refractivity contribution in [2.75, 3.05) is 49.5 Å². The predicted octanol–water partition coefficient (Wildman–Crippen LogP) is 0.694. The maximum absolute atomic E-state index is 12.9. The maximum Gasteiger partial charge on any atom is 0.255 e. The van der Waals surface area contributed by atoms with Crippen molar-refractivity contribution in [3.05, 3.63) is 53.2 Å². The first kappa shape index (κ1) is 27.3. The molecule has 4 N–H and O–H groups in total. The van der Waals surface area contributed by atoms with Crippen LogP contribution in [0.5, 0.6) is 0 Å². The number of hydrogen-bond acceptors (Lipinski definition) is 8. The molecule has 1 aromatic carbocycles. The minimum atomic E-state index is -0.657. The van der Waals surface area contributed by atoms with Crippen molar-refractivity contribution in [2.45, 2.75) is 38.3 Å². The van der Waals surface area contributed by atoms with E-state index in [1.165, 1.54) is 4.90 Å². The third kappa shape index (κ3) is 6.30. The average molecular weight is 544 g/mol. The lowest BCUT2D eigenvalue weighted by Crippen LogP contribution is -2.52. The Labute approximate surface area is 233 Å². The van der Waals surface area contributed by atoms with Gasteiger partial charge in [0, 0.05) is 68.6 Å². The zero-order chi connectivity index (χ0) is 28.1. The van der Waals surface area contributed by atoms with Crippen LogP contribution in [0, 0.1) is 11.8 Å². The molecule has 11 nitrogen and oxygen atoms in total. The predicted molar refractivity (Wildman–Crippen MR) is 149 cm³/mol. The van der Waals surface area contributed by atoms with Gasteiger partial charge in [-0.05, 0) is 55.3 Å². The highest BCUT2D eigenvalue weighted by molar-refractivity contribution is 6.05. The number of carbonyl (C=O) groups excluding carboxylic acids is 4. The van der Waals surface area contributed by atoms with Crippen molar-refractivity contribution in [3.8, 4) is 11.8 Å². The minimum absolute atomic E-state index is 0.0769. The van der Waals surface area contributed by atoms with Crippen LogP contribution in [-0.2, 0) is 20.9 Å². The van der Waals surface area contributed by atoms with Gasteiger partial charge in [0.2, 0.25) is 17.7 Å². The number of anilines is 2. The summed E-state index contributed by atoms with van der Waals surface area (Å²) in [5.74, 6) is 5.70. The Morgan fingerprint density at radius 2 is 1.95 bits per heavy atom. The molecule has 0 bridgehead atoms. The van der Waals surface area contributed by atoms with Crippen molar-refractivity contribution in [3.63, 3.8) is 0 Å². The topological polar surface area (TPSA) is 141 Å². The van der Waals surface area contributed by atoms with Crippen molar-refractivity contribution >= 4 is 35.1 Å². The highest BCUT2D eigenvalue weighted by atomic mass is 16.2. The molecule has 0 spiro atoms. The van der Waals surface area contributed by atoms with Gasteiger partial charge in [-0.15, -0.1) is 0 Å². The first-order chi connectivity index (χ1) is 19.4. The molecule has 3 aliphatic rings. The number of piperidine rings is 1. The number of imide groups is 1. The molecular formula is C29H33N7O4. The van der Waals surface area contributed by atoms with Crippen LogP contribution < -0.4 is 21.3 Å². The molecule has 0 aliphatic carbocycles. The lowest BCUT2D eigenvalue weighted by Gasteiger charge is -2.35. The molecule has 11 heteroatoms. The van der Waals surface area contributed by atoms with Crippen LogP contribution in [0.4, 0.5) is 11.5 Å². The molecule has 1 unspecified atom stereocenters. The number of nitrogens with two attached hydrogens (primary N) is 1. The molecule has 0 saturated carbocycles. The van der Waals surface area contributed by atoms with Gasteiger partial charge in [-0.25, -0.2) is 4.98 Å². The first-order valence-corrected chi connectivity index (χ1v) is 13.6. The third-order valence-electron chi connectivity index (χ3n) is 7.46. The Morgan fingerprint density at radius 3 is 2.67 bits per heavy atom. The SMILES string of the molecule is NCC#Cc1ccc(N2CCN(CCCC(=O)Nc3ccc4c(c3)CN(C3CCC(=O)NC3=O)C4=O)CC2)nc1. The smallest absolute Gasteiger partial charge is 0.255 e. The number of nitrogens with zero attached hydrogens (tertiary/aromatic N) is 4. The normalized spacial score (nSPS) is 19.1. The fourth-order valence-electron chi connectivity index (χ4n) is 5.34. The van der Waals surface area contributed by atoms with Gasteiger partial charge in [0.15, 0.2) is 0 Å². The van der Waals surface area contributed by atoms with Gasteiger partial charge < -0.3 is 20.9 Å². The largest absolute Gasteiger partial charge is 0.354 e. The molecule has 0 radical (unpaired) electrons. The molecule has 1 atom stereocenters. The Balaban J connectivity index is 1.05. The van der Waals surface area contributed by atoms with Gasteiger partial charge >= 0.3 is 0 Å². The fourth-order valence-corrected chi connectivity index (χ4v) is 5.34. The molecule has 4 amide bonds. The standard InChI is InChI=1S/C29H33N7O4/c30-11-1-3-20-5-9-25(31-18-20)35-15-13-34(14-16-35)12-2-4-26(37)32-22-6-7-23-21(17-22)19-36(29(23)40)24-8-10-27(38)33-28(24)39/h5-7,9,17-18,24H,2,4,8,10-16,19,30H2,(H,32,37)(H,33,38,39). The second-order valence-electron chi connectivity index (χ2n) is 10.2. The highest BCUT2D eigenvalue weighted by Crippen LogP contribution is 2.29. The molecule has 2 saturated heterocycles. The fraction of sp³-hybridized carbons (Fsp3) is 0.414. The molecule has 2 aromatic rings. The number of nitrogens with one attached hydrogen (secondary N) is 2. The summed E-state index contributed by atoms with van der Waals surface area (Å²) in [4.78, 5) is 59.8. The Bertz CT molecular complexity index is 1360. The summed E-state index contributed by atoms with van der Waals surface area (Å²) in [6.07, 6.45) is 3.44. The molecule has 3 aliphatic heterocycles. The second-order valence-corrected chi connectivity index (χ2v) is 10.2. The highest BCUT2D eigenvalue weighted by Gasteiger charge is 2.39. The monoisotopic (exact) mass is 543 g/mol. The van der Waals surface area contributed by atoms with Gasteiger partial charge in [-0.1, -0.05) is 11.8 Å². The zero-order valence-corrected chi connectivity index (χ0v) is 22.3. The first-order valence-electron chi connectivity index (χ1n) is 13.6. The van der Waals surface area contributed by atoms with Crippen LogP contribution in [0.1, 0.15) is 47.2 Å². The summed E-state index contributed by atoms with van der Waals surface area (Å²) in [7, 11) is 0. The summed E-state index contributed by atoms with van der Waals surface area (Å²) in [6, 6.07) is 8.49. The molecular weight excluding hydrogens is 510 g/mol. The lowest BCUT2D eigenvalue weighted by molar-refractivity contribution is -0.137. The summed E-state index contributed by atoms with van der Waals surface area (Å²) in [6.45, 7) is 4.99. The number of aromatic nitrogens is 1. The summed E-state index contributed by atoms with van der Waals surface area (Å²) < 4.78 is 0. The van der Waals surface area contributed by atoms with Gasteiger partial charge in [0.1, 0.15) is 11.9 Å². The van der Waals surface area contributed by atoms with Crippen molar-refractivity contribution < 1.29 is 19.2 Å². The second kappa shape index (κ2) is 12.3. The molecule has 4 heterocycles. The van der Waals surface area contributed by atoms with Crippen LogP contribution in [0.25, 0.3) is 0 Å². The lowest BCUT2D eigenvalue weighted by atomic mass is 10.0. The number of pyridine rings is 1. The van der Waals surface area contributed by atoms with E-state index in [0.717, 1.165) is 56.1 Å². The quantitative estimate of drug-likeness (QED) is 0.342. The van der Waals surface area contributed by atoms with E-state index >= 15 is 0 Å². The van der Waals surface area contributed by atoms with Gasteiger partial charge in [-0.3, -0.25) is 29.4 Å². The summed E-state index contributed by atoms with van der Waals surface area (Å²) in [5.41, 5.74) is 8.18. The third-order valence-corrected chi connectivity index (χ3v) is 7.46. The van der Waals surface area contributed by atoms with Crippen LogP contribution in [0.3, 0.4) is 0 Å². The van der Waals surface area contributed by atoms with Crippen LogP contribution in [-0.4, -0.2) is 83.7 Å². The molecule has 1 aromatic heterocycles. The van der Waals surface area contributed by atoms with Crippen molar-refractivity contribution in [2.24, 2.45) is 5.73 Å². The number of benzene rings is 1. The number of fused-ring (bicyclic) bond motifs is 1. The number of piperazine rings is 1. The van der Waals surface area contributed by atoms with E-state index in [0.29, 0.717) is 30.6 Å². The Morgan fingerprint density at radius 1 is 1.12 bits per heavy atom. The molecule has 5 rings (SSSR count). The van der Waals surface area contributed by atoms with Crippen LogP contribution >= 0.6 is 0 Å². The zero-order valence-electron chi connectivity index (χ0n) is 22.3. The maximum atomic E-state index is 12.9. The van der Waals surface area contributed by atoms with E-state index in [1.54, 1.807) is 24.4 Å². The molecule has 40 heavy (non-hydrogen) atoms. The van der Waals surface area contributed by atoms with Gasteiger partial charge in [0.25, 0.3) is 5.91 Å². The van der Waals surface area contributed by atoms with E-state index in [1.807, 2.05) is 12.1 Å². The minimum Gasteiger partial charge on any atom is -0.354 e. The van der Waals surface area contributed by atoms with E-state index < -0.39 is 11.9 Å². The summed E-state index contributed by atoms with van der Waals surface area (Å²) >= 11 is 0. The average Bonchev–Trinajstić information content (AvgIpc) is 3.27. The van der Waals surface area contributed by atoms with Crippen molar-refractivity contribution in [1.29, 1.82) is 0 Å². The van der Waals surface area contributed by atoms with Crippen LogP contribution in [0.2, 0.25) is 0 Å². The van der Waals surface area contributed by atoms with E-state index in [9.17, 15) is 19.2 Å². The molecule has 208 valence electrons. The number of carbonyl (C=O) groups is 4. The Kier molecular flexibility index (Phi) is 8.38. The molecule has 2 fully saturated rings. The number of amides is 4. The Hall–Kier alpha value is -4.27. The van der Waals surface area contributed by atoms with Gasteiger partial charge in [-0.2, -0.15) is 0 Å². The summed E-state index contributed by atoms with van der Waals surface area (Å²) in [5, 5.41) is 5.24. The van der Waals surface area contributed by atoms with Gasteiger partial charge in [0.05, 0.1) is 6.54 Å². The van der Waals surface area contributed by atoms with E-state index in [2.05, 4.69) is 37.3 Å². The number of rotatable bonds is 7. The van der Waals surface area contributed by atoms with E-state index in [4.69, 9.17) is 5.73 Å². The van der Waals surface area contributed by atoms with Crippen molar-refractivity contribution in [1.82, 2.24) is 20.1 Å².